The van der Waals surface area contributed by atoms with Crippen molar-refractivity contribution >= 4 is 18.0 Å². The SMILES string of the molecule is CC(=C[C@H](C(C)C)N(C)C(=O)[C@H](CCc1ccccc1)NC(=O)OC(C)(C)C)C(=O)O. The van der Waals surface area contributed by atoms with Gasteiger partial charge in [0, 0.05) is 12.6 Å². The normalized spacial score (nSPS) is 14.0. The predicted molar refractivity (Wildman–Crippen MR) is 121 cm³/mol. The quantitative estimate of drug-likeness (QED) is 0.575. The molecule has 31 heavy (non-hydrogen) atoms. The van der Waals surface area contributed by atoms with Crippen LogP contribution in [0.15, 0.2) is 42.0 Å². The number of aryl methyl sites for hydroxylation is 1. The minimum absolute atomic E-state index is 0.0143. The van der Waals surface area contributed by atoms with Crippen LogP contribution in [0.5, 0.6) is 0 Å². The number of nitrogens with zero attached hydrogens (tertiary/aromatic N) is 1. The van der Waals surface area contributed by atoms with Crippen LogP contribution >= 0.6 is 0 Å². The molecule has 0 radical (unpaired) electrons. The van der Waals surface area contributed by atoms with Crippen molar-refractivity contribution in [1.82, 2.24) is 10.2 Å². The number of hydrogen-bond donors (Lipinski definition) is 2. The molecule has 7 nitrogen and oxygen atoms in total. The van der Waals surface area contributed by atoms with Crippen LogP contribution in [0, 0.1) is 5.92 Å². The summed E-state index contributed by atoms with van der Waals surface area (Å²) in [7, 11) is 1.63. The zero-order valence-electron chi connectivity index (χ0n) is 19.6. The summed E-state index contributed by atoms with van der Waals surface area (Å²) in [5, 5.41) is 11.9. The number of nitrogens with one attached hydrogen (secondary N) is 1. The second-order valence-electron chi connectivity index (χ2n) is 9.06. The highest BCUT2D eigenvalue weighted by atomic mass is 16.6. The van der Waals surface area contributed by atoms with Crippen LogP contribution in [-0.2, 0) is 20.7 Å². The highest BCUT2D eigenvalue weighted by Crippen LogP contribution is 2.17. The number of rotatable bonds is 9. The zero-order valence-corrected chi connectivity index (χ0v) is 19.6. The van der Waals surface area contributed by atoms with Crippen LogP contribution in [-0.4, -0.2) is 52.7 Å². The summed E-state index contributed by atoms with van der Waals surface area (Å²) in [6, 6.07) is 8.47. The van der Waals surface area contributed by atoms with Gasteiger partial charge in [-0.05, 0) is 52.0 Å². The van der Waals surface area contributed by atoms with Crippen LogP contribution in [0.4, 0.5) is 4.79 Å². The van der Waals surface area contributed by atoms with Crippen molar-refractivity contribution in [3.05, 3.63) is 47.5 Å². The Balaban J connectivity index is 3.09. The van der Waals surface area contributed by atoms with Crippen molar-refractivity contribution < 1.29 is 24.2 Å². The van der Waals surface area contributed by atoms with Crippen LogP contribution in [0.25, 0.3) is 0 Å². The van der Waals surface area contributed by atoms with Gasteiger partial charge in [0.05, 0.1) is 6.04 Å². The van der Waals surface area contributed by atoms with E-state index in [0.29, 0.717) is 12.8 Å². The third-order valence-electron chi connectivity index (χ3n) is 4.79. The monoisotopic (exact) mass is 432 g/mol. The van der Waals surface area contributed by atoms with E-state index in [9.17, 15) is 19.5 Å². The molecule has 2 atom stereocenters. The summed E-state index contributed by atoms with van der Waals surface area (Å²) in [4.78, 5) is 38.5. The van der Waals surface area contributed by atoms with Gasteiger partial charge in [-0.1, -0.05) is 50.3 Å². The lowest BCUT2D eigenvalue weighted by Crippen LogP contribution is -2.52. The third kappa shape index (κ3) is 9.24. The molecule has 1 aromatic rings. The Bertz CT molecular complexity index is 781. The molecular formula is C24H36N2O5. The van der Waals surface area contributed by atoms with E-state index in [1.807, 2.05) is 44.2 Å². The van der Waals surface area contributed by atoms with Crippen LogP contribution in [0.3, 0.4) is 0 Å². The van der Waals surface area contributed by atoms with Crippen molar-refractivity contribution in [2.24, 2.45) is 5.92 Å². The maximum atomic E-state index is 13.3. The van der Waals surface area contributed by atoms with Crippen molar-refractivity contribution in [2.75, 3.05) is 7.05 Å². The number of carboxylic acid groups (broad SMARTS) is 1. The zero-order chi connectivity index (χ0) is 23.8. The number of carboxylic acids is 1. The van der Waals surface area contributed by atoms with Crippen LogP contribution in [0.1, 0.15) is 53.5 Å². The topological polar surface area (TPSA) is 95.9 Å². The molecule has 0 saturated carbocycles. The van der Waals surface area contributed by atoms with Crippen molar-refractivity contribution in [3.63, 3.8) is 0 Å². The molecule has 0 aliphatic rings. The molecule has 0 aromatic heterocycles. The standard InChI is InChI=1S/C24H36N2O5/c1-16(2)20(15-17(3)22(28)29)26(7)21(27)19(25-23(30)31-24(4,5)6)14-13-18-11-9-8-10-12-18/h8-12,15-16,19-20H,13-14H2,1-7H3,(H,25,30)(H,28,29)/t19-,20+/m0/s1. The number of benzene rings is 1. The Morgan fingerprint density at radius 1 is 1.16 bits per heavy atom. The van der Waals surface area contributed by atoms with Gasteiger partial charge in [-0.15, -0.1) is 0 Å². The average molecular weight is 433 g/mol. The molecule has 0 unspecified atom stereocenters. The number of carbonyl (C=O) groups excluding carboxylic acids is 2. The summed E-state index contributed by atoms with van der Waals surface area (Å²) < 4.78 is 5.34. The Morgan fingerprint density at radius 3 is 2.23 bits per heavy atom. The Morgan fingerprint density at radius 2 is 1.74 bits per heavy atom. The number of hydrogen-bond acceptors (Lipinski definition) is 4. The van der Waals surface area contributed by atoms with E-state index in [2.05, 4.69) is 5.32 Å². The largest absolute Gasteiger partial charge is 0.478 e. The molecule has 1 aromatic carbocycles. The molecule has 0 spiro atoms. The highest BCUT2D eigenvalue weighted by Gasteiger charge is 2.30. The van der Waals surface area contributed by atoms with E-state index in [0.717, 1.165) is 5.56 Å². The van der Waals surface area contributed by atoms with Gasteiger partial charge in [-0.3, -0.25) is 4.79 Å². The number of ether oxygens (including phenoxy) is 1. The molecule has 0 heterocycles. The molecule has 1 rings (SSSR count). The number of carbonyl (C=O) groups is 3. The molecule has 0 fully saturated rings. The maximum Gasteiger partial charge on any atom is 0.408 e. The minimum Gasteiger partial charge on any atom is -0.478 e. The fourth-order valence-electron chi connectivity index (χ4n) is 3.13. The fourth-order valence-corrected chi connectivity index (χ4v) is 3.13. The Labute approximate surface area is 185 Å². The fraction of sp³-hybridized carbons (Fsp3) is 0.542. The lowest BCUT2D eigenvalue weighted by Gasteiger charge is -2.33. The van der Waals surface area contributed by atoms with E-state index in [4.69, 9.17) is 4.74 Å². The van der Waals surface area contributed by atoms with Gasteiger partial charge in [0.25, 0.3) is 0 Å². The molecule has 0 bridgehead atoms. The number of alkyl carbamates (subject to hydrolysis) is 1. The maximum absolute atomic E-state index is 13.3. The molecule has 0 aliphatic heterocycles. The average Bonchev–Trinajstić information content (AvgIpc) is 2.67. The first-order valence-electron chi connectivity index (χ1n) is 10.5. The smallest absolute Gasteiger partial charge is 0.408 e. The lowest BCUT2D eigenvalue weighted by molar-refractivity contribution is -0.135. The van der Waals surface area contributed by atoms with E-state index in [-0.39, 0.29) is 17.4 Å². The summed E-state index contributed by atoms with van der Waals surface area (Å²) in [6.45, 7) is 10.6. The van der Waals surface area contributed by atoms with Gasteiger partial charge in [0.15, 0.2) is 0 Å². The molecular weight excluding hydrogens is 396 g/mol. The highest BCUT2D eigenvalue weighted by molar-refractivity contribution is 5.87. The molecule has 2 N–H and O–H groups in total. The molecule has 172 valence electrons. The molecule has 2 amide bonds. The Kier molecular flexibility index (Phi) is 9.75. The van der Waals surface area contributed by atoms with Gasteiger partial charge < -0.3 is 20.1 Å². The summed E-state index contributed by atoms with van der Waals surface area (Å²) >= 11 is 0. The van der Waals surface area contributed by atoms with Gasteiger partial charge in [-0.2, -0.15) is 0 Å². The van der Waals surface area contributed by atoms with Crippen LogP contribution in [0.2, 0.25) is 0 Å². The van der Waals surface area contributed by atoms with Crippen LogP contribution < -0.4 is 5.32 Å². The van der Waals surface area contributed by atoms with Gasteiger partial charge in [0.1, 0.15) is 11.6 Å². The van der Waals surface area contributed by atoms with Crippen molar-refractivity contribution in [2.45, 2.75) is 72.1 Å². The van der Waals surface area contributed by atoms with Gasteiger partial charge in [0.2, 0.25) is 5.91 Å². The molecule has 0 saturated heterocycles. The minimum atomic E-state index is -1.03. The predicted octanol–water partition coefficient (Wildman–Crippen LogP) is 4.03. The van der Waals surface area contributed by atoms with E-state index in [1.165, 1.54) is 11.8 Å². The first-order valence-corrected chi connectivity index (χ1v) is 10.5. The van der Waals surface area contributed by atoms with E-state index >= 15 is 0 Å². The lowest BCUT2D eigenvalue weighted by atomic mass is 9.98. The van der Waals surface area contributed by atoms with Gasteiger partial charge in [-0.25, -0.2) is 9.59 Å². The first kappa shape index (κ1) is 26.2. The summed E-state index contributed by atoms with van der Waals surface area (Å²) in [5.41, 5.74) is 0.528. The van der Waals surface area contributed by atoms with Crippen molar-refractivity contribution in [3.8, 4) is 0 Å². The molecule has 0 aliphatic carbocycles. The second kappa shape index (κ2) is 11.5. The number of amides is 2. The number of aliphatic carboxylic acids is 1. The van der Waals surface area contributed by atoms with E-state index in [1.54, 1.807) is 33.9 Å². The summed E-state index contributed by atoms with van der Waals surface area (Å²) in [6.07, 6.45) is 1.90. The van der Waals surface area contributed by atoms with Gasteiger partial charge >= 0.3 is 12.1 Å². The number of likely N-dealkylation sites (N-methyl/N-ethyl adjacent to an activating group) is 1. The first-order chi connectivity index (χ1) is 14.3. The third-order valence-corrected chi connectivity index (χ3v) is 4.79. The Hall–Kier alpha value is -2.83. The molecule has 7 heteroatoms. The van der Waals surface area contributed by atoms with Crippen molar-refractivity contribution in [1.29, 1.82) is 0 Å². The second-order valence-corrected chi connectivity index (χ2v) is 9.06. The van der Waals surface area contributed by atoms with E-state index < -0.39 is 29.7 Å². The summed E-state index contributed by atoms with van der Waals surface area (Å²) in [5.74, 6) is -1.34.